The molecule has 2 aromatic heterocycles. The van der Waals surface area contributed by atoms with Gasteiger partial charge in [0.2, 0.25) is 5.91 Å². The van der Waals surface area contributed by atoms with Gasteiger partial charge in [0.25, 0.3) is 5.56 Å². The van der Waals surface area contributed by atoms with Crippen LogP contribution < -0.4 is 10.3 Å². The molecule has 0 atom stereocenters. The lowest BCUT2D eigenvalue weighted by Gasteiger charge is -2.34. The van der Waals surface area contributed by atoms with E-state index in [1.807, 2.05) is 10.3 Å². The number of carbonyl (C=O) groups excluding carboxylic acids is 2. The largest absolute Gasteiger partial charge is 0.494 e. The standard InChI is InChI=1S/C23H26N4O4S/c1-17(28)18-4-6-20(7-5-18)31-13-2-3-21(29)26-10-8-25(9-11-26)16-19-15-22(30)27-12-14-32-23(27)24-19/h4-7,12,14-15H,2-3,8-11,13,16H2,1H3. The molecule has 0 radical (unpaired) electrons. The minimum Gasteiger partial charge on any atom is -0.494 e. The molecule has 0 N–H and O–H groups in total. The number of rotatable bonds is 8. The molecule has 1 aromatic carbocycles. The Hall–Kier alpha value is -3.04. The average molecular weight is 455 g/mol. The Morgan fingerprint density at radius 3 is 2.59 bits per heavy atom. The smallest absolute Gasteiger partial charge is 0.258 e. The minimum atomic E-state index is -0.0583. The lowest BCUT2D eigenvalue weighted by Crippen LogP contribution is -2.48. The summed E-state index contributed by atoms with van der Waals surface area (Å²) in [7, 11) is 0. The Kier molecular flexibility index (Phi) is 6.96. The van der Waals surface area contributed by atoms with Gasteiger partial charge in [0.1, 0.15) is 5.75 Å². The Morgan fingerprint density at radius 2 is 1.88 bits per heavy atom. The highest BCUT2D eigenvalue weighted by atomic mass is 32.1. The molecule has 9 heteroatoms. The van der Waals surface area contributed by atoms with Crippen LogP contribution in [0, 0.1) is 0 Å². The zero-order valence-corrected chi connectivity index (χ0v) is 18.8. The van der Waals surface area contributed by atoms with Gasteiger partial charge in [-0.2, -0.15) is 0 Å². The van der Waals surface area contributed by atoms with Crippen molar-refractivity contribution in [2.45, 2.75) is 26.3 Å². The van der Waals surface area contributed by atoms with Crippen LogP contribution in [0.2, 0.25) is 0 Å². The third-order valence-corrected chi connectivity index (χ3v) is 6.29. The lowest BCUT2D eigenvalue weighted by molar-refractivity contribution is -0.133. The van der Waals surface area contributed by atoms with Gasteiger partial charge in [0, 0.05) is 62.4 Å². The Balaban J connectivity index is 1.18. The van der Waals surface area contributed by atoms with Gasteiger partial charge in [-0.25, -0.2) is 4.98 Å². The highest BCUT2D eigenvalue weighted by Crippen LogP contribution is 2.14. The summed E-state index contributed by atoms with van der Waals surface area (Å²) in [6, 6.07) is 8.62. The second-order valence-corrected chi connectivity index (χ2v) is 8.70. The van der Waals surface area contributed by atoms with Crippen LogP contribution >= 0.6 is 11.3 Å². The van der Waals surface area contributed by atoms with Crippen molar-refractivity contribution in [3.8, 4) is 5.75 Å². The Bertz CT molecular complexity index is 1150. The molecule has 0 aliphatic carbocycles. The van der Waals surface area contributed by atoms with Gasteiger partial charge in [-0.3, -0.25) is 23.7 Å². The molecule has 0 bridgehead atoms. The van der Waals surface area contributed by atoms with E-state index in [-0.39, 0.29) is 17.2 Å². The predicted octanol–water partition coefficient (Wildman–Crippen LogP) is 2.46. The molecule has 8 nitrogen and oxygen atoms in total. The van der Waals surface area contributed by atoms with Crippen molar-refractivity contribution >= 4 is 28.0 Å². The van der Waals surface area contributed by atoms with Gasteiger partial charge in [-0.1, -0.05) is 0 Å². The van der Waals surface area contributed by atoms with Crippen LogP contribution in [0.1, 0.15) is 35.8 Å². The Labute approximate surface area is 190 Å². The first-order valence-electron chi connectivity index (χ1n) is 10.7. The summed E-state index contributed by atoms with van der Waals surface area (Å²) in [4.78, 5) is 45.3. The topological polar surface area (TPSA) is 84.2 Å². The van der Waals surface area contributed by atoms with Crippen molar-refractivity contribution in [2.24, 2.45) is 0 Å². The van der Waals surface area contributed by atoms with Crippen molar-refractivity contribution in [1.29, 1.82) is 0 Å². The van der Waals surface area contributed by atoms with Gasteiger partial charge in [-0.05, 0) is 37.6 Å². The van der Waals surface area contributed by atoms with Gasteiger partial charge >= 0.3 is 0 Å². The zero-order valence-electron chi connectivity index (χ0n) is 18.0. The van der Waals surface area contributed by atoms with E-state index < -0.39 is 0 Å². The molecule has 1 saturated heterocycles. The van der Waals surface area contributed by atoms with Gasteiger partial charge in [0.15, 0.2) is 10.7 Å². The maximum atomic E-state index is 12.5. The van der Waals surface area contributed by atoms with E-state index in [4.69, 9.17) is 4.74 Å². The molecule has 4 rings (SSSR count). The molecule has 168 valence electrons. The number of piperazine rings is 1. The first-order valence-corrected chi connectivity index (χ1v) is 11.6. The van der Waals surface area contributed by atoms with E-state index in [0.717, 1.165) is 18.8 Å². The van der Waals surface area contributed by atoms with E-state index in [1.54, 1.807) is 40.9 Å². The molecule has 3 heterocycles. The van der Waals surface area contributed by atoms with Crippen molar-refractivity contribution in [2.75, 3.05) is 32.8 Å². The molecular formula is C23H26N4O4S. The second kappa shape index (κ2) is 10.1. The fraction of sp³-hybridized carbons (Fsp3) is 0.391. The van der Waals surface area contributed by atoms with Gasteiger partial charge in [-0.15, -0.1) is 11.3 Å². The third-order valence-electron chi connectivity index (χ3n) is 5.53. The minimum absolute atomic E-state index is 0.0243. The number of nitrogens with zero attached hydrogens (tertiary/aromatic N) is 4. The second-order valence-electron chi connectivity index (χ2n) is 7.83. The van der Waals surface area contributed by atoms with E-state index in [9.17, 15) is 14.4 Å². The number of fused-ring (bicyclic) bond motifs is 1. The summed E-state index contributed by atoms with van der Waals surface area (Å²) in [5.74, 6) is 0.859. The number of aromatic nitrogens is 2. The first kappa shape index (κ1) is 22.2. The number of thiazole rings is 1. The van der Waals surface area contributed by atoms with Crippen LogP contribution in [0.15, 0.2) is 46.7 Å². The zero-order chi connectivity index (χ0) is 22.5. The van der Waals surface area contributed by atoms with Crippen molar-refractivity contribution < 1.29 is 14.3 Å². The SMILES string of the molecule is CC(=O)c1ccc(OCCCC(=O)N2CCN(Cc3cc(=O)n4ccsc4n3)CC2)cc1. The number of ether oxygens (including phenoxy) is 1. The van der Waals surface area contributed by atoms with E-state index in [1.165, 1.54) is 18.3 Å². The van der Waals surface area contributed by atoms with Gasteiger partial charge < -0.3 is 9.64 Å². The Morgan fingerprint density at radius 1 is 1.12 bits per heavy atom. The van der Waals surface area contributed by atoms with Crippen LogP contribution in [0.5, 0.6) is 5.75 Å². The number of ketones is 1. The molecule has 1 amide bonds. The third kappa shape index (κ3) is 5.41. The number of benzene rings is 1. The first-order chi connectivity index (χ1) is 15.5. The van der Waals surface area contributed by atoms with Crippen LogP contribution in [0.4, 0.5) is 0 Å². The monoisotopic (exact) mass is 454 g/mol. The number of amides is 1. The fourth-order valence-corrected chi connectivity index (χ4v) is 4.45. The predicted molar refractivity (Wildman–Crippen MR) is 122 cm³/mol. The summed E-state index contributed by atoms with van der Waals surface area (Å²) >= 11 is 1.45. The number of hydrogen-bond donors (Lipinski definition) is 0. The van der Waals surface area contributed by atoms with E-state index in [2.05, 4.69) is 9.88 Å². The van der Waals surface area contributed by atoms with E-state index >= 15 is 0 Å². The maximum absolute atomic E-state index is 12.5. The molecular weight excluding hydrogens is 428 g/mol. The normalized spacial score (nSPS) is 14.6. The number of carbonyl (C=O) groups is 2. The summed E-state index contributed by atoms with van der Waals surface area (Å²) in [6.45, 7) is 5.47. The molecule has 3 aromatic rings. The molecule has 32 heavy (non-hydrogen) atoms. The molecule has 1 aliphatic heterocycles. The highest BCUT2D eigenvalue weighted by Gasteiger charge is 2.21. The summed E-state index contributed by atoms with van der Waals surface area (Å²) in [6.07, 6.45) is 2.82. The molecule has 0 unspecified atom stereocenters. The molecule has 1 aliphatic rings. The highest BCUT2D eigenvalue weighted by molar-refractivity contribution is 7.15. The summed E-state index contributed by atoms with van der Waals surface area (Å²) < 4.78 is 7.22. The lowest BCUT2D eigenvalue weighted by atomic mass is 10.1. The van der Waals surface area contributed by atoms with Crippen LogP contribution in [-0.4, -0.2) is 63.7 Å². The summed E-state index contributed by atoms with van der Waals surface area (Å²) in [5.41, 5.74) is 1.37. The van der Waals surface area contributed by atoms with Crippen molar-refractivity contribution in [1.82, 2.24) is 19.2 Å². The van der Waals surface area contributed by atoms with Crippen LogP contribution in [0.3, 0.4) is 0 Å². The maximum Gasteiger partial charge on any atom is 0.258 e. The van der Waals surface area contributed by atoms with E-state index in [0.29, 0.717) is 55.4 Å². The van der Waals surface area contributed by atoms with Crippen molar-refractivity contribution in [3.63, 3.8) is 0 Å². The fourth-order valence-electron chi connectivity index (χ4n) is 3.71. The quantitative estimate of drug-likeness (QED) is 0.384. The van der Waals surface area contributed by atoms with Crippen molar-refractivity contribution in [3.05, 3.63) is 63.5 Å². The average Bonchev–Trinajstić information content (AvgIpc) is 3.27. The molecule has 0 spiro atoms. The molecule has 1 fully saturated rings. The number of Topliss-reactive ketones (excluding diaryl/α,β-unsaturated/α-hetero) is 1. The van der Waals surface area contributed by atoms with Gasteiger partial charge in [0.05, 0.1) is 12.3 Å². The van der Waals surface area contributed by atoms with Crippen LogP contribution in [-0.2, 0) is 11.3 Å². The number of hydrogen-bond acceptors (Lipinski definition) is 7. The van der Waals surface area contributed by atoms with Crippen LogP contribution in [0.25, 0.3) is 4.96 Å². The summed E-state index contributed by atoms with van der Waals surface area (Å²) in [5, 5.41) is 1.85. The molecule has 0 saturated carbocycles.